The van der Waals surface area contributed by atoms with Gasteiger partial charge < -0.3 is 28.7 Å². The first-order chi connectivity index (χ1) is 19.9. The number of ether oxygens (including phenoxy) is 2. The number of rotatable bonds is 13. The number of anilines is 1. The topological polar surface area (TPSA) is 126 Å². The third-order valence-corrected chi connectivity index (χ3v) is 8.08. The molecule has 1 aromatic carbocycles. The van der Waals surface area contributed by atoms with Gasteiger partial charge in [-0.1, -0.05) is 18.2 Å². The first-order valence-electron chi connectivity index (χ1n) is 13.2. The summed E-state index contributed by atoms with van der Waals surface area (Å²) in [6, 6.07) is 9.26. The number of aromatic nitrogens is 2. The van der Waals surface area contributed by atoms with Crippen molar-refractivity contribution >= 4 is 26.2 Å². The lowest BCUT2D eigenvalue weighted by Gasteiger charge is -2.36. The van der Waals surface area contributed by atoms with Crippen molar-refractivity contribution in [3.8, 4) is 0 Å². The molecule has 0 saturated carbocycles. The fourth-order valence-electron chi connectivity index (χ4n) is 4.31. The number of hydrogen-bond donors (Lipinski definition) is 1. The number of alkyl halides is 2. The molecular formula is C27H34F2N5O7P. The van der Waals surface area contributed by atoms with Crippen molar-refractivity contribution in [2.45, 2.75) is 71.1 Å². The minimum atomic E-state index is -3.86. The van der Waals surface area contributed by atoms with E-state index < -0.39 is 57.1 Å². The predicted molar refractivity (Wildman–Crippen MR) is 150 cm³/mol. The van der Waals surface area contributed by atoms with Crippen LogP contribution in [-0.2, 0) is 23.3 Å². The molecular weight excluding hydrogens is 575 g/mol. The molecule has 1 aliphatic rings. The normalized spacial score (nSPS) is 20.5. The molecule has 15 heteroatoms. The average molecular weight is 610 g/mol. The molecule has 4 atom stereocenters. The van der Waals surface area contributed by atoms with Gasteiger partial charge in [-0.2, -0.15) is 13.8 Å². The minimum absolute atomic E-state index is 0.0439. The van der Waals surface area contributed by atoms with E-state index in [-0.39, 0.29) is 31.1 Å². The fourth-order valence-corrected chi connectivity index (χ4v) is 5.92. The van der Waals surface area contributed by atoms with Gasteiger partial charge in [0, 0.05) is 30.8 Å². The van der Waals surface area contributed by atoms with Crippen LogP contribution in [0.15, 0.2) is 47.4 Å². The molecule has 42 heavy (non-hydrogen) atoms. The Morgan fingerprint density at radius 1 is 1.19 bits per heavy atom. The van der Waals surface area contributed by atoms with Crippen molar-refractivity contribution in [3.05, 3.63) is 70.1 Å². The smallest absolute Gasteiger partial charge is 0.351 e. The third kappa shape index (κ3) is 8.14. The quantitative estimate of drug-likeness (QED) is 0.154. The van der Waals surface area contributed by atoms with Crippen molar-refractivity contribution < 1.29 is 36.9 Å². The zero-order valence-corrected chi connectivity index (χ0v) is 24.8. The monoisotopic (exact) mass is 609 g/mol. The molecule has 1 N–H and O–H groups in total. The Hall–Kier alpha value is -3.34. The highest BCUT2D eigenvalue weighted by molar-refractivity contribution is 7.44. The maximum Gasteiger partial charge on any atom is 0.351 e. The Morgan fingerprint density at radius 3 is 2.43 bits per heavy atom. The number of esters is 1. The third-order valence-electron chi connectivity index (χ3n) is 6.00. The number of nitrogens with one attached hydrogen (secondary N) is 1. The summed E-state index contributed by atoms with van der Waals surface area (Å²) < 4.78 is 56.2. The van der Waals surface area contributed by atoms with Gasteiger partial charge in [-0.25, -0.2) is 16.0 Å². The fraction of sp³-hybridized carbons (Fsp3) is 0.519. The SMILES string of the molecule is [C-]#[N+]CCOP(OCC1OC(n2ccc(NC(=O)c3ccccc3)nc2=O)C(F)(F)C1OC(C)=O)N(C(C)C)C(C)C. The van der Waals surface area contributed by atoms with E-state index in [1.54, 1.807) is 30.3 Å². The molecule has 2 heterocycles. The summed E-state index contributed by atoms with van der Waals surface area (Å²) >= 11 is 0. The Bertz CT molecular complexity index is 1310. The maximum atomic E-state index is 15.7. The summed E-state index contributed by atoms with van der Waals surface area (Å²) in [7, 11) is -1.80. The van der Waals surface area contributed by atoms with Crippen LogP contribution in [0, 0.1) is 6.57 Å². The second-order valence-corrected chi connectivity index (χ2v) is 11.3. The second-order valence-electron chi connectivity index (χ2n) is 9.87. The van der Waals surface area contributed by atoms with E-state index >= 15 is 8.78 Å². The predicted octanol–water partition coefficient (Wildman–Crippen LogP) is 4.26. The first-order valence-corrected chi connectivity index (χ1v) is 14.3. The summed E-state index contributed by atoms with van der Waals surface area (Å²) in [6.07, 6.45) is -4.73. The van der Waals surface area contributed by atoms with Crippen LogP contribution in [0.3, 0.4) is 0 Å². The van der Waals surface area contributed by atoms with E-state index in [9.17, 15) is 14.4 Å². The van der Waals surface area contributed by atoms with Crippen molar-refractivity contribution in [2.24, 2.45) is 0 Å². The van der Waals surface area contributed by atoms with Crippen molar-refractivity contribution in [1.82, 2.24) is 14.2 Å². The van der Waals surface area contributed by atoms with Crippen molar-refractivity contribution in [2.75, 3.05) is 25.1 Å². The van der Waals surface area contributed by atoms with Gasteiger partial charge in [-0.3, -0.25) is 14.2 Å². The highest BCUT2D eigenvalue weighted by atomic mass is 31.2. The zero-order valence-electron chi connectivity index (χ0n) is 23.9. The molecule has 0 aliphatic carbocycles. The van der Waals surface area contributed by atoms with Gasteiger partial charge >= 0.3 is 17.6 Å². The maximum absolute atomic E-state index is 15.7. The molecule has 1 amide bonds. The van der Waals surface area contributed by atoms with Crippen LogP contribution in [0.25, 0.3) is 4.85 Å². The second kappa shape index (κ2) is 14.7. The number of halogens is 2. The number of carbonyl (C=O) groups excluding carboxylic acids is 2. The van der Waals surface area contributed by atoms with Crippen molar-refractivity contribution in [3.63, 3.8) is 0 Å². The molecule has 1 aromatic heterocycles. The van der Waals surface area contributed by atoms with E-state index in [1.807, 2.05) is 32.4 Å². The van der Waals surface area contributed by atoms with Crippen LogP contribution >= 0.6 is 8.53 Å². The van der Waals surface area contributed by atoms with E-state index in [2.05, 4.69) is 15.1 Å². The lowest BCUT2D eigenvalue weighted by Crippen LogP contribution is -2.44. The van der Waals surface area contributed by atoms with Gasteiger partial charge in [0.05, 0.1) is 6.61 Å². The molecule has 0 bridgehead atoms. The Balaban J connectivity index is 1.84. The Morgan fingerprint density at radius 2 is 1.86 bits per heavy atom. The average Bonchev–Trinajstić information content (AvgIpc) is 3.16. The molecule has 1 saturated heterocycles. The number of nitrogens with zero attached hydrogens (tertiary/aromatic N) is 4. The van der Waals surface area contributed by atoms with E-state index in [4.69, 9.17) is 25.1 Å². The van der Waals surface area contributed by atoms with Gasteiger partial charge in [0.1, 0.15) is 18.5 Å². The van der Waals surface area contributed by atoms with Crippen LogP contribution in [0.5, 0.6) is 0 Å². The summed E-state index contributed by atoms with van der Waals surface area (Å²) in [6.45, 7) is 15.3. The molecule has 3 rings (SSSR count). The Labute approximate surface area is 243 Å². The standard InChI is InChI=1S/C27H34F2N5O7P/c1-17(2)34(18(3)4)42(38-15-13-30-6)39-16-21-23(40-19(5)35)27(28,29)25(41-21)33-14-12-22(32-26(33)37)31-24(36)20-10-8-7-9-11-20/h7-12,14,17-18,21,23,25H,13,15-16H2,1-5H3,(H,31,32,36,37). The van der Waals surface area contributed by atoms with Crippen LogP contribution in [-0.4, -0.2) is 76.1 Å². The summed E-state index contributed by atoms with van der Waals surface area (Å²) in [4.78, 5) is 44.0. The largest absolute Gasteiger partial charge is 0.453 e. The molecule has 1 fully saturated rings. The van der Waals surface area contributed by atoms with Gasteiger partial charge in [0.25, 0.3) is 14.4 Å². The van der Waals surface area contributed by atoms with Gasteiger partial charge in [0.15, 0.2) is 6.10 Å². The molecule has 2 aromatic rings. The Kier molecular flexibility index (Phi) is 11.6. The van der Waals surface area contributed by atoms with E-state index in [0.717, 1.165) is 13.1 Å². The number of amides is 1. The minimum Gasteiger partial charge on any atom is -0.453 e. The first kappa shape index (κ1) is 33.2. The highest BCUT2D eigenvalue weighted by Crippen LogP contribution is 2.49. The highest BCUT2D eigenvalue weighted by Gasteiger charge is 2.62. The lowest BCUT2D eigenvalue weighted by atomic mass is 10.1. The number of carbonyl (C=O) groups is 2. The summed E-state index contributed by atoms with van der Waals surface area (Å²) in [5.74, 6) is -5.52. The molecule has 0 radical (unpaired) electrons. The summed E-state index contributed by atoms with van der Waals surface area (Å²) in [5, 5.41) is 2.45. The molecule has 4 unspecified atom stereocenters. The molecule has 12 nitrogen and oxygen atoms in total. The van der Waals surface area contributed by atoms with E-state index in [1.165, 1.54) is 6.07 Å². The van der Waals surface area contributed by atoms with Gasteiger partial charge in [-0.05, 0) is 45.9 Å². The van der Waals surface area contributed by atoms with E-state index in [0.29, 0.717) is 10.1 Å². The van der Waals surface area contributed by atoms with Crippen LogP contribution in [0.2, 0.25) is 0 Å². The zero-order chi connectivity index (χ0) is 31.0. The molecule has 228 valence electrons. The number of benzene rings is 1. The van der Waals surface area contributed by atoms with Gasteiger partial charge in [0.2, 0.25) is 12.8 Å². The molecule has 1 aliphatic heterocycles. The lowest BCUT2D eigenvalue weighted by molar-refractivity contribution is -0.174. The van der Waals surface area contributed by atoms with Crippen LogP contribution in [0.1, 0.15) is 51.2 Å². The summed E-state index contributed by atoms with van der Waals surface area (Å²) in [5.41, 5.74) is -0.808. The van der Waals surface area contributed by atoms with Crippen molar-refractivity contribution in [1.29, 1.82) is 0 Å². The van der Waals surface area contributed by atoms with Crippen LogP contribution < -0.4 is 11.0 Å². The molecule has 0 spiro atoms. The van der Waals surface area contributed by atoms with Crippen LogP contribution in [0.4, 0.5) is 14.6 Å². The number of hydrogen-bond acceptors (Lipinski definition) is 9. The van der Waals surface area contributed by atoms with Gasteiger partial charge in [-0.15, -0.1) is 0 Å².